The van der Waals surface area contributed by atoms with E-state index in [0.717, 1.165) is 0 Å². The molecule has 1 rings (SSSR count). The zero-order valence-corrected chi connectivity index (χ0v) is 9.41. The van der Waals surface area contributed by atoms with Crippen molar-refractivity contribution in [2.45, 2.75) is 13.0 Å². The maximum Gasteiger partial charge on any atom is 0.271 e. The number of carbonyl (C=O) groups excluding carboxylic acids is 1. The van der Waals surface area contributed by atoms with E-state index in [9.17, 15) is 4.79 Å². The summed E-state index contributed by atoms with van der Waals surface area (Å²) in [4.78, 5) is 15.5. The number of pyridine rings is 1. The molecule has 76 valence electrons. The first-order valence-electron chi connectivity index (χ1n) is 4.26. The Hall–Kier alpha value is -0.940. The second-order valence-electron chi connectivity index (χ2n) is 2.94. The van der Waals surface area contributed by atoms with E-state index in [2.05, 4.69) is 26.2 Å². The maximum absolute atomic E-state index is 11.6. The molecule has 0 spiro atoms. The average Bonchev–Trinajstić information content (AvgIpc) is 2.18. The van der Waals surface area contributed by atoms with Crippen molar-refractivity contribution in [3.05, 3.63) is 28.5 Å². The van der Waals surface area contributed by atoms with Gasteiger partial charge >= 0.3 is 0 Å². The van der Waals surface area contributed by atoms with Crippen molar-refractivity contribution in [3.8, 4) is 0 Å². The Bertz CT molecular complexity index is 330. The van der Waals surface area contributed by atoms with E-state index in [4.69, 9.17) is 5.73 Å². The van der Waals surface area contributed by atoms with E-state index < -0.39 is 0 Å². The highest BCUT2D eigenvalue weighted by molar-refractivity contribution is 9.10. The lowest BCUT2D eigenvalue weighted by Gasteiger charge is -2.11. The number of halogens is 1. The Morgan fingerprint density at radius 2 is 2.50 bits per heavy atom. The largest absolute Gasteiger partial charge is 0.347 e. The molecular weight excluding hydrogens is 246 g/mol. The van der Waals surface area contributed by atoms with Crippen LogP contribution in [-0.4, -0.2) is 23.5 Å². The summed E-state index contributed by atoms with van der Waals surface area (Å²) < 4.78 is 0.682. The number of amides is 1. The van der Waals surface area contributed by atoms with Gasteiger partial charge in [0.25, 0.3) is 5.91 Å². The molecule has 0 aliphatic rings. The van der Waals surface area contributed by atoms with Crippen LogP contribution in [0.2, 0.25) is 0 Å². The first-order valence-corrected chi connectivity index (χ1v) is 5.06. The van der Waals surface area contributed by atoms with E-state index in [0.29, 0.717) is 16.7 Å². The van der Waals surface area contributed by atoms with Crippen molar-refractivity contribution < 1.29 is 4.79 Å². The minimum atomic E-state index is -0.213. The van der Waals surface area contributed by atoms with Gasteiger partial charge in [0.15, 0.2) is 0 Å². The van der Waals surface area contributed by atoms with Gasteiger partial charge in [-0.15, -0.1) is 0 Å². The summed E-state index contributed by atoms with van der Waals surface area (Å²) in [5.74, 6) is -0.213. The molecule has 1 atom stereocenters. The van der Waals surface area contributed by atoms with Gasteiger partial charge in [-0.25, -0.2) is 4.98 Å². The lowest BCUT2D eigenvalue weighted by Crippen LogP contribution is -2.38. The lowest BCUT2D eigenvalue weighted by atomic mass is 10.3. The summed E-state index contributed by atoms with van der Waals surface area (Å²) in [5.41, 5.74) is 5.77. The summed E-state index contributed by atoms with van der Waals surface area (Å²) in [7, 11) is 0. The zero-order valence-electron chi connectivity index (χ0n) is 7.83. The third kappa shape index (κ3) is 2.78. The van der Waals surface area contributed by atoms with E-state index in [1.165, 1.54) is 0 Å². The highest BCUT2D eigenvalue weighted by Gasteiger charge is 2.12. The SMILES string of the molecule is C[C@H](CN)NC(=O)c1ncccc1Br. The van der Waals surface area contributed by atoms with Crippen LogP contribution in [0, 0.1) is 0 Å². The molecular formula is C9H12BrN3O. The molecule has 0 unspecified atom stereocenters. The van der Waals surface area contributed by atoms with Crippen LogP contribution in [-0.2, 0) is 0 Å². The summed E-state index contributed by atoms with van der Waals surface area (Å²) in [6.07, 6.45) is 1.58. The van der Waals surface area contributed by atoms with Crippen LogP contribution in [0.5, 0.6) is 0 Å². The van der Waals surface area contributed by atoms with Gasteiger partial charge in [0.1, 0.15) is 5.69 Å². The molecule has 0 aromatic carbocycles. The molecule has 0 bridgehead atoms. The van der Waals surface area contributed by atoms with Gasteiger partial charge in [-0.3, -0.25) is 4.79 Å². The van der Waals surface area contributed by atoms with Crippen molar-refractivity contribution in [2.75, 3.05) is 6.54 Å². The molecule has 0 fully saturated rings. The fourth-order valence-electron chi connectivity index (χ4n) is 0.904. The predicted octanol–water partition coefficient (Wildman–Crippen LogP) is 0.921. The van der Waals surface area contributed by atoms with Crippen molar-refractivity contribution in [1.82, 2.24) is 10.3 Å². The second-order valence-corrected chi connectivity index (χ2v) is 3.80. The van der Waals surface area contributed by atoms with Crippen molar-refractivity contribution in [3.63, 3.8) is 0 Å². The standard InChI is InChI=1S/C9H12BrN3O/c1-6(5-11)13-9(14)8-7(10)3-2-4-12-8/h2-4,6H,5,11H2,1H3,(H,13,14)/t6-/m1/s1. The fraction of sp³-hybridized carbons (Fsp3) is 0.333. The summed E-state index contributed by atoms with van der Waals surface area (Å²) in [6.45, 7) is 2.25. The normalized spacial score (nSPS) is 12.2. The number of rotatable bonds is 3. The van der Waals surface area contributed by atoms with Gasteiger partial charge in [-0.2, -0.15) is 0 Å². The van der Waals surface area contributed by atoms with Crippen molar-refractivity contribution in [2.24, 2.45) is 5.73 Å². The number of hydrogen-bond donors (Lipinski definition) is 2. The molecule has 0 saturated carbocycles. The molecule has 0 aliphatic carbocycles. The van der Waals surface area contributed by atoms with E-state index >= 15 is 0 Å². The molecule has 0 radical (unpaired) electrons. The van der Waals surface area contributed by atoms with Crippen LogP contribution in [0.25, 0.3) is 0 Å². The first kappa shape index (κ1) is 11.1. The second kappa shape index (κ2) is 5.07. The Kier molecular flexibility index (Phi) is 4.03. The molecule has 3 N–H and O–H groups in total. The van der Waals surface area contributed by atoms with Crippen LogP contribution in [0.4, 0.5) is 0 Å². The van der Waals surface area contributed by atoms with Gasteiger partial charge in [-0.05, 0) is 35.0 Å². The van der Waals surface area contributed by atoms with Gasteiger partial charge in [0, 0.05) is 23.3 Å². The molecule has 0 aliphatic heterocycles. The van der Waals surface area contributed by atoms with Crippen molar-refractivity contribution in [1.29, 1.82) is 0 Å². The van der Waals surface area contributed by atoms with Gasteiger partial charge in [0.2, 0.25) is 0 Å². The maximum atomic E-state index is 11.6. The molecule has 1 aromatic rings. The van der Waals surface area contributed by atoms with Crippen LogP contribution in [0.1, 0.15) is 17.4 Å². The van der Waals surface area contributed by atoms with Crippen molar-refractivity contribution >= 4 is 21.8 Å². The fourth-order valence-corrected chi connectivity index (χ4v) is 1.34. The average molecular weight is 258 g/mol. The third-order valence-corrected chi connectivity index (χ3v) is 2.34. The summed E-state index contributed by atoms with van der Waals surface area (Å²) >= 11 is 3.25. The molecule has 1 amide bonds. The van der Waals surface area contributed by atoms with Crippen LogP contribution in [0.15, 0.2) is 22.8 Å². The minimum absolute atomic E-state index is 0.0450. The molecule has 1 aromatic heterocycles. The van der Waals surface area contributed by atoms with E-state index in [1.54, 1.807) is 18.3 Å². The Balaban J connectivity index is 2.75. The summed E-state index contributed by atoms with van der Waals surface area (Å²) in [5, 5.41) is 2.73. The Morgan fingerprint density at radius 3 is 3.07 bits per heavy atom. The van der Waals surface area contributed by atoms with Crippen LogP contribution < -0.4 is 11.1 Å². The number of carbonyl (C=O) groups is 1. The predicted molar refractivity (Wildman–Crippen MR) is 57.9 cm³/mol. The quantitative estimate of drug-likeness (QED) is 0.847. The minimum Gasteiger partial charge on any atom is -0.347 e. The topological polar surface area (TPSA) is 68.0 Å². The number of aromatic nitrogens is 1. The highest BCUT2D eigenvalue weighted by atomic mass is 79.9. The van der Waals surface area contributed by atoms with E-state index in [-0.39, 0.29) is 11.9 Å². The summed E-state index contributed by atoms with van der Waals surface area (Å²) in [6, 6.07) is 3.49. The molecule has 14 heavy (non-hydrogen) atoms. The molecule has 0 saturated heterocycles. The molecule has 4 nitrogen and oxygen atoms in total. The monoisotopic (exact) mass is 257 g/mol. The Labute approximate surface area is 91.0 Å². The lowest BCUT2D eigenvalue weighted by molar-refractivity contribution is 0.0935. The van der Waals surface area contributed by atoms with Gasteiger partial charge in [-0.1, -0.05) is 0 Å². The van der Waals surface area contributed by atoms with Gasteiger partial charge in [0.05, 0.1) is 0 Å². The van der Waals surface area contributed by atoms with Gasteiger partial charge < -0.3 is 11.1 Å². The molecule has 1 heterocycles. The van der Waals surface area contributed by atoms with E-state index in [1.807, 2.05) is 6.92 Å². The number of nitrogens with one attached hydrogen (secondary N) is 1. The molecule has 5 heteroatoms. The number of nitrogens with two attached hydrogens (primary N) is 1. The van der Waals surface area contributed by atoms with Crippen LogP contribution >= 0.6 is 15.9 Å². The highest BCUT2D eigenvalue weighted by Crippen LogP contribution is 2.12. The third-order valence-electron chi connectivity index (χ3n) is 1.70. The number of hydrogen-bond acceptors (Lipinski definition) is 3. The first-order chi connectivity index (χ1) is 6.65. The smallest absolute Gasteiger partial charge is 0.271 e. The number of nitrogens with zero attached hydrogens (tertiary/aromatic N) is 1. The zero-order chi connectivity index (χ0) is 10.6. The Morgan fingerprint density at radius 1 is 1.79 bits per heavy atom. The van der Waals surface area contributed by atoms with Crippen LogP contribution in [0.3, 0.4) is 0 Å².